The Hall–Kier alpha value is -2.10. The molecule has 1 N–H and O–H groups in total. The summed E-state index contributed by atoms with van der Waals surface area (Å²) < 4.78 is 1.41. The monoisotopic (exact) mass is 202 g/mol. The number of carboxylic acid groups (broad SMARTS) is 1. The molecule has 0 aliphatic rings. The fourth-order valence-corrected chi connectivity index (χ4v) is 1.35. The van der Waals surface area contributed by atoms with Crippen LogP contribution in [0.15, 0.2) is 42.6 Å². The van der Waals surface area contributed by atoms with E-state index in [1.807, 2.05) is 30.3 Å². The van der Waals surface area contributed by atoms with Crippen LogP contribution in [0.25, 0.3) is 11.3 Å². The molecule has 76 valence electrons. The van der Waals surface area contributed by atoms with Crippen molar-refractivity contribution in [1.82, 2.24) is 9.78 Å². The Labute approximate surface area is 86.8 Å². The van der Waals surface area contributed by atoms with Gasteiger partial charge in [-0.2, -0.15) is 5.10 Å². The Morgan fingerprint density at radius 2 is 2.00 bits per heavy atom. The summed E-state index contributed by atoms with van der Waals surface area (Å²) in [5, 5.41) is 12.7. The van der Waals surface area contributed by atoms with Gasteiger partial charge in [-0.15, -0.1) is 0 Å². The predicted octanol–water partition coefficient (Wildman–Crippen LogP) is 1.63. The highest BCUT2D eigenvalue weighted by Crippen LogP contribution is 2.15. The molecule has 0 amide bonds. The van der Waals surface area contributed by atoms with Gasteiger partial charge < -0.3 is 5.11 Å². The molecule has 1 aromatic heterocycles. The third-order valence-corrected chi connectivity index (χ3v) is 2.01. The van der Waals surface area contributed by atoms with Crippen LogP contribution in [0, 0.1) is 0 Å². The quantitative estimate of drug-likeness (QED) is 0.823. The van der Waals surface area contributed by atoms with Crippen LogP contribution >= 0.6 is 0 Å². The van der Waals surface area contributed by atoms with Gasteiger partial charge in [0.15, 0.2) is 0 Å². The number of aliphatic carboxylic acids is 1. The van der Waals surface area contributed by atoms with Gasteiger partial charge in [0.05, 0.1) is 5.69 Å². The molecule has 0 atom stereocenters. The number of nitrogens with zero attached hydrogens (tertiary/aromatic N) is 2. The van der Waals surface area contributed by atoms with Crippen LogP contribution in [-0.2, 0) is 11.3 Å². The molecular weight excluding hydrogens is 192 g/mol. The minimum absolute atomic E-state index is 0.104. The van der Waals surface area contributed by atoms with Crippen molar-refractivity contribution in [2.75, 3.05) is 0 Å². The standard InChI is InChI=1S/C11H10N2O2/c14-11(15)8-13-7-6-10(12-13)9-4-2-1-3-5-9/h1-7H,8H2,(H,14,15). The zero-order valence-corrected chi connectivity index (χ0v) is 8.00. The van der Waals surface area contributed by atoms with Gasteiger partial charge in [-0.25, -0.2) is 0 Å². The Morgan fingerprint density at radius 3 is 2.67 bits per heavy atom. The molecule has 0 fully saturated rings. The van der Waals surface area contributed by atoms with E-state index in [1.54, 1.807) is 12.3 Å². The van der Waals surface area contributed by atoms with E-state index >= 15 is 0 Å². The van der Waals surface area contributed by atoms with Crippen LogP contribution < -0.4 is 0 Å². The Morgan fingerprint density at radius 1 is 1.27 bits per heavy atom. The zero-order chi connectivity index (χ0) is 10.7. The molecule has 0 aliphatic carbocycles. The lowest BCUT2D eigenvalue weighted by molar-refractivity contribution is -0.137. The van der Waals surface area contributed by atoms with Gasteiger partial charge in [-0.1, -0.05) is 30.3 Å². The van der Waals surface area contributed by atoms with Crippen LogP contribution in [-0.4, -0.2) is 20.9 Å². The summed E-state index contributed by atoms with van der Waals surface area (Å²) in [4.78, 5) is 10.5. The average Bonchev–Trinajstić information content (AvgIpc) is 2.67. The van der Waals surface area contributed by atoms with Gasteiger partial charge in [-0.3, -0.25) is 9.48 Å². The third-order valence-electron chi connectivity index (χ3n) is 2.01. The molecule has 1 heterocycles. The number of benzene rings is 1. The molecule has 0 saturated carbocycles. The van der Waals surface area contributed by atoms with E-state index in [4.69, 9.17) is 5.11 Å². The lowest BCUT2D eigenvalue weighted by Crippen LogP contribution is -2.08. The summed E-state index contributed by atoms with van der Waals surface area (Å²) in [5.74, 6) is -0.891. The molecule has 1 aromatic carbocycles. The fraction of sp³-hybridized carbons (Fsp3) is 0.0909. The van der Waals surface area contributed by atoms with Crippen molar-refractivity contribution in [2.24, 2.45) is 0 Å². The van der Waals surface area contributed by atoms with Gasteiger partial charge in [0.25, 0.3) is 0 Å². The zero-order valence-electron chi connectivity index (χ0n) is 8.00. The first-order valence-electron chi connectivity index (χ1n) is 4.56. The maximum Gasteiger partial charge on any atom is 0.325 e. The Balaban J connectivity index is 2.24. The van der Waals surface area contributed by atoms with Crippen molar-refractivity contribution in [3.05, 3.63) is 42.6 Å². The molecule has 0 bridgehead atoms. The Bertz CT molecular complexity index is 462. The van der Waals surface area contributed by atoms with E-state index < -0.39 is 5.97 Å². The SMILES string of the molecule is O=C(O)Cn1ccc(-c2ccccc2)n1. The molecule has 2 aromatic rings. The molecule has 0 saturated heterocycles. The highest BCUT2D eigenvalue weighted by molar-refractivity contribution is 5.66. The van der Waals surface area contributed by atoms with E-state index in [1.165, 1.54) is 4.68 Å². The first kappa shape index (κ1) is 9.45. The van der Waals surface area contributed by atoms with Crippen LogP contribution in [0.1, 0.15) is 0 Å². The topological polar surface area (TPSA) is 55.1 Å². The van der Waals surface area contributed by atoms with Crippen LogP contribution in [0.4, 0.5) is 0 Å². The maximum atomic E-state index is 10.5. The van der Waals surface area contributed by atoms with Gasteiger partial charge in [0.2, 0.25) is 0 Å². The van der Waals surface area contributed by atoms with Gasteiger partial charge >= 0.3 is 5.97 Å². The summed E-state index contributed by atoms with van der Waals surface area (Å²) in [6, 6.07) is 11.5. The summed E-state index contributed by atoms with van der Waals surface area (Å²) in [6.07, 6.45) is 1.66. The second kappa shape index (κ2) is 3.96. The van der Waals surface area contributed by atoms with Crippen molar-refractivity contribution < 1.29 is 9.90 Å². The minimum atomic E-state index is -0.891. The van der Waals surface area contributed by atoms with Crippen molar-refractivity contribution in [1.29, 1.82) is 0 Å². The lowest BCUT2D eigenvalue weighted by Gasteiger charge is -1.96. The van der Waals surface area contributed by atoms with Crippen LogP contribution in [0.3, 0.4) is 0 Å². The lowest BCUT2D eigenvalue weighted by atomic mass is 10.2. The number of hydrogen-bond acceptors (Lipinski definition) is 2. The smallest absolute Gasteiger partial charge is 0.325 e. The van der Waals surface area contributed by atoms with Crippen molar-refractivity contribution >= 4 is 5.97 Å². The predicted molar refractivity (Wildman–Crippen MR) is 55.3 cm³/mol. The summed E-state index contributed by atoms with van der Waals surface area (Å²) in [5.41, 5.74) is 1.78. The fourth-order valence-electron chi connectivity index (χ4n) is 1.35. The largest absolute Gasteiger partial charge is 0.480 e. The second-order valence-corrected chi connectivity index (χ2v) is 3.16. The molecule has 4 heteroatoms. The molecule has 0 radical (unpaired) electrons. The number of carbonyl (C=O) groups is 1. The van der Waals surface area contributed by atoms with Gasteiger partial charge in [0, 0.05) is 11.8 Å². The molecule has 0 spiro atoms. The number of aromatic nitrogens is 2. The number of hydrogen-bond donors (Lipinski definition) is 1. The van der Waals surface area contributed by atoms with E-state index in [0.29, 0.717) is 0 Å². The summed E-state index contributed by atoms with van der Waals surface area (Å²) >= 11 is 0. The highest BCUT2D eigenvalue weighted by Gasteiger charge is 2.03. The molecule has 15 heavy (non-hydrogen) atoms. The number of carboxylic acids is 1. The van der Waals surface area contributed by atoms with Crippen molar-refractivity contribution in [2.45, 2.75) is 6.54 Å². The Kier molecular flexibility index (Phi) is 2.49. The average molecular weight is 202 g/mol. The van der Waals surface area contributed by atoms with Crippen molar-refractivity contribution in [3.8, 4) is 11.3 Å². The van der Waals surface area contributed by atoms with E-state index in [2.05, 4.69) is 5.10 Å². The highest BCUT2D eigenvalue weighted by atomic mass is 16.4. The van der Waals surface area contributed by atoms with Gasteiger partial charge in [-0.05, 0) is 6.07 Å². The molecule has 2 rings (SSSR count). The maximum absolute atomic E-state index is 10.5. The molecule has 0 aliphatic heterocycles. The molecule has 4 nitrogen and oxygen atoms in total. The first-order valence-corrected chi connectivity index (χ1v) is 4.56. The minimum Gasteiger partial charge on any atom is -0.480 e. The molecular formula is C11H10N2O2. The molecule has 0 unspecified atom stereocenters. The number of rotatable bonds is 3. The summed E-state index contributed by atoms with van der Waals surface area (Å²) in [6.45, 7) is -0.104. The van der Waals surface area contributed by atoms with Crippen LogP contribution in [0.5, 0.6) is 0 Å². The van der Waals surface area contributed by atoms with E-state index in [0.717, 1.165) is 11.3 Å². The van der Waals surface area contributed by atoms with E-state index in [-0.39, 0.29) is 6.54 Å². The second-order valence-electron chi connectivity index (χ2n) is 3.16. The normalized spacial score (nSPS) is 10.1. The third kappa shape index (κ3) is 2.22. The van der Waals surface area contributed by atoms with E-state index in [9.17, 15) is 4.79 Å². The van der Waals surface area contributed by atoms with Crippen molar-refractivity contribution in [3.63, 3.8) is 0 Å². The van der Waals surface area contributed by atoms with Gasteiger partial charge in [0.1, 0.15) is 6.54 Å². The van der Waals surface area contributed by atoms with Crippen LogP contribution in [0.2, 0.25) is 0 Å². The first-order chi connectivity index (χ1) is 7.25. The summed E-state index contributed by atoms with van der Waals surface area (Å²) in [7, 11) is 0.